The highest BCUT2D eigenvalue weighted by Gasteiger charge is 2.32. The number of amides is 3. The predicted molar refractivity (Wildman–Crippen MR) is 125 cm³/mol. The molecule has 36 heavy (non-hydrogen) atoms. The lowest BCUT2D eigenvalue weighted by Gasteiger charge is -2.25. The van der Waals surface area contributed by atoms with Crippen molar-refractivity contribution in [3.63, 3.8) is 0 Å². The Bertz CT molecular complexity index is 878. The SMILES string of the molecule is CC(O)C(NC(=O)C(CCCCN)NC(=O)C(CCC(=O)O)NC(=O)C(N)Cc1cnc[nH]1)C(=O)O. The van der Waals surface area contributed by atoms with E-state index in [4.69, 9.17) is 16.6 Å². The second-order valence-corrected chi connectivity index (χ2v) is 8.29. The molecule has 3 amide bonds. The maximum Gasteiger partial charge on any atom is 0.328 e. The minimum Gasteiger partial charge on any atom is -0.481 e. The van der Waals surface area contributed by atoms with Crippen molar-refractivity contribution in [3.8, 4) is 0 Å². The van der Waals surface area contributed by atoms with Crippen LogP contribution in [-0.4, -0.2) is 91.8 Å². The Kier molecular flexibility index (Phi) is 13.1. The van der Waals surface area contributed by atoms with E-state index in [1.54, 1.807) is 0 Å². The van der Waals surface area contributed by atoms with Gasteiger partial charge in [-0.15, -0.1) is 0 Å². The summed E-state index contributed by atoms with van der Waals surface area (Å²) in [5, 5.41) is 34.9. The van der Waals surface area contributed by atoms with Crippen LogP contribution in [0.1, 0.15) is 44.7 Å². The number of carboxylic acids is 2. The lowest BCUT2D eigenvalue weighted by Crippen LogP contribution is -2.58. The van der Waals surface area contributed by atoms with Crippen molar-refractivity contribution in [2.24, 2.45) is 11.5 Å². The molecule has 0 radical (unpaired) electrons. The summed E-state index contributed by atoms with van der Waals surface area (Å²) in [5.41, 5.74) is 11.9. The fraction of sp³-hybridized carbons (Fsp3) is 0.619. The van der Waals surface area contributed by atoms with Crippen molar-refractivity contribution in [1.29, 1.82) is 0 Å². The summed E-state index contributed by atoms with van der Waals surface area (Å²) in [6.45, 7) is 1.50. The molecule has 202 valence electrons. The highest BCUT2D eigenvalue weighted by molar-refractivity contribution is 5.94. The summed E-state index contributed by atoms with van der Waals surface area (Å²) in [6, 6.07) is -5.25. The Morgan fingerprint density at radius 3 is 2.14 bits per heavy atom. The van der Waals surface area contributed by atoms with Crippen molar-refractivity contribution in [3.05, 3.63) is 18.2 Å². The van der Waals surface area contributed by atoms with Crippen molar-refractivity contribution in [1.82, 2.24) is 25.9 Å². The first-order valence-corrected chi connectivity index (χ1v) is 11.4. The maximum absolute atomic E-state index is 13.0. The number of carbonyl (C=O) groups is 5. The van der Waals surface area contributed by atoms with Gasteiger partial charge in [-0.1, -0.05) is 0 Å². The number of carbonyl (C=O) groups excluding carboxylic acids is 3. The highest BCUT2D eigenvalue weighted by Crippen LogP contribution is 2.07. The van der Waals surface area contributed by atoms with Crippen LogP contribution in [0.25, 0.3) is 0 Å². The number of hydrogen-bond donors (Lipinski definition) is 9. The molecular formula is C21H35N7O8. The van der Waals surface area contributed by atoms with Gasteiger partial charge >= 0.3 is 11.9 Å². The summed E-state index contributed by atoms with van der Waals surface area (Å²) < 4.78 is 0. The number of aliphatic hydroxyl groups is 1. The van der Waals surface area contributed by atoms with Crippen molar-refractivity contribution >= 4 is 29.7 Å². The van der Waals surface area contributed by atoms with E-state index >= 15 is 0 Å². The number of rotatable bonds is 17. The first kappa shape index (κ1) is 30.5. The van der Waals surface area contributed by atoms with E-state index in [1.807, 2.05) is 0 Å². The quantitative estimate of drug-likeness (QED) is 0.0960. The largest absolute Gasteiger partial charge is 0.481 e. The van der Waals surface area contributed by atoms with Crippen LogP contribution in [0.4, 0.5) is 0 Å². The highest BCUT2D eigenvalue weighted by atomic mass is 16.4. The molecule has 1 aromatic rings. The number of H-pyrrole nitrogens is 1. The first-order chi connectivity index (χ1) is 17.0. The fourth-order valence-corrected chi connectivity index (χ4v) is 3.22. The number of aliphatic hydroxyl groups excluding tert-OH is 1. The Labute approximate surface area is 207 Å². The van der Waals surface area contributed by atoms with Crippen LogP contribution in [0, 0.1) is 0 Å². The van der Waals surface area contributed by atoms with Crippen LogP contribution in [-0.2, 0) is 30.4 Å². The van der Waals surface area contributed by atoms with Gasteiger partial charge in [0.25, 0.3) is 0 Å². The maximum atomic E-state index is 13.0. The smallest absolute Gasteiger partial charge is 0.328 e. The van der Waals surface area contributed by atoms with Crippen molar-refractivity contribution < 1.29 is 39.3 Å². The average molecular weight is 514 g/mol. The van der Waals surface area contributed by atoms with Gasteiger partial charge in [0.05, 0.1) is 18.5 Å². The molecule has 1 rings (SSSR count). The number of unbranched alkanes of at least 4 members (excludes halogenated alkanes) is 1. The molecule has 0 aliphatic carbocycles. The molecule has 1 aromatic heterocycles. The van der Waals surface area contributed by atoms with Gasteiger partial charge in [0.15, 0.2) is 6.04 Å². The molecule has 0 saturated carbocycles. The van der Waals surface area contributed by atoms with Gasteiger partial charge in [-0.05, 0) is 39.2 Å². The van der Waals surface area contributed by atoms with Crippen LogP contribution < -0.4 is 27.4 Å². The first-order valence-electron chi connectivity index (χ1n) is 11.4. The number of carboxylic acid groups (broad SMARTS) is 2. The molecule has 15 heteroatoms. The van der Waals surface area contributed by atoms with Crippen LogP contribution >= 0.6 is 0 Å². The minimum absolute atomic E-state index is 0.0825. The molecule has 5 unspecified atom stereocenters. The van der Waals surface area contributed by atoms with Crippen molar-refractivity contribution in [2.45, 2.75) is 75.7 Å². The number of aliphatic carboxylic acids is 2. The van der Waals surface area contributed by atoms with Crippen LogP contribution in [0.15, 0.2) is 12.5 Å². The van der Waals surface area contributed by atoms with E-state index in [0.717, 1.165) is 0 Å². The monoisotopic (exact) mass is 513 g/mol. The predicted octanol–water partition coefficient (Wildman–Crippen LogP) is -2.81. The number of nitrogens with one attached hydrogen (secondary N) is 4. The molecule has 5 atom stereocenters. The lowest BCUT2D eigenvalue weighted by atomic mass is 10.0. The number of aromatic nitrogens is 2. The second kappa shape index (κ2) is 15.4. The minimum atomic E-state index is -1.62. The van der Waals surface area contributed by atoms with Gasteiger partial charge in [0.1, 0.15) is 12.1 Å². The van der Waals surface area contributed by atoms with Crippen LogP contribution in [0.2, 0.25) is 0 Å². The Hall–Kier alpha value is -3.56. The molecule has 0 aliphatic heterocycles. The zero-order chi connectivity index (χ0) is 27.3. The zero-order valence-electron chi connectivity index (χ0n) is 20.0. The molecule has 0 aromatic carbocycles. The number of imidazole rings is 1. The van der Waals surface area contributed by atoms with Gasteiger partial charge in [0, 0.05) is 24.7 Å². The fourth-order valence-electron chi connectivity index (χ4n) is 3.22. The third kappa shape index (κ3) is 10.8. The summed E-state index contributed by atoms with van der Waals surface area (Å²) in [6.07, 6.45) is 1.82. The third-order valence-corrected chi connectivity index (χ3v) is 5.24. The van der Waals surface area contributed by atoms with Gasteiger partial charge in [0.2, 0.25) is 17.7 Å². The second-order valence-electron chi connectivity index (χ2n) is 8.29. The average Bonchev–Trinajstić information content (AvgIpc) is 3.31. The summed E-state index contributed by atoms with van der Waals surface area (Å²) in [5.74, 6) is -5.12. The number of hydrogen-bond acceptors (Lipinski definition) is 9. The van der Waals surface area contributed by atoms with Gasteiger partial charge in [-0.25, -0.2) is 9.78 Å². The Morgan fingerprint density at radius 2 is 1.61 bits per heavy atom. The van der Waals surface area contributed by atoms with Gasteiger partial charge < -0.3 is 47.7 Å². The number of aromatic amines is 1. The van der Waals surface area contributed by atoms with Crippen LogP contribution in [0.5, 0.6) is 0 Å². The molecule has 0 aliphatic rings. The van der Waals surface area contributed by atoms with E-state index in [9.17, 15) is 34.2 Å². The molecule has 0 fully saturated rings. The number of nitrogens with two attached hydrogens (primary N) is 2. The third-order valence-electron chi connectivity index (χ3n) is 5.24. The summed E-state index contributed by atoms with van der Waals surface area (Å²) in [4.78, 5) is 67.3. The molecular weight excluding hydrogens is 478 g/mol. The van der Waals surface area contributed by atoms with E-state index in [-0.39, 0.29) is 19.3 Å². The Morgan fingerprint density at radius 1 is 1.00 bits per heavy atom. The van der Waals surface area contributed by atoms with Crippen molar-refractivity contribution in [2.75, 3.05) is 6.54 Å². The number of nitrogens with zero attached hydrogens (tertiary/aromatic N) is 1. The normalized spacial score (nSPS) is 15.1. The topological polar surface area (TPSA) is 263 Å². The molecule has 0 saturated heterocycles. The zero-order valence-corrected chi connectivity index (χ0v) is 20.0. The molecule has 1 heterocycles. The molecule has 0 bridgehead atoms. The molecule has 15 nitrogen and oxygen atoms in total. The van der Waals surface area contributed by atoms with E-state index in [1.165, 1.54) is 19.4 Å². The Balaban J connectivity index is 2.98. The molecule has 11 N–H and O–H groups in total. The van der Waals surface area contributed by atoms with E-state index < -0.39 is 66.4 Å². The van der Waals surface area contributed by atoms with Gasteiger partial charge in [-0.2, -0.15) is 0 Å². The standard InChI is InChI=1S/C21H35N7O8/c1-11(29)17(21(35)36)28-20(34)14(4-2-3-7-22)27-19(33)15(5-6-16(30)31)26-18(32)13(23)8-12-9-24-10-25-12/h9-11,13-15,17,29H,2-8,22-23H2,1H3,(H,24,25)(H,26,32)(H,27,33)(H,28,34)(H,30,31)(H,35,36). The molecule has 0 spiro atoms. The van der Waals surface area contributed by atoms with Gasteiger partial charge in [-0.3, -0.25) is 19.2 Å². The van der Waals surface area contributed by atoms with Crippen LogP contribution in [0.3, 0.4) is 0 Å². The summed E-state index contributed by atoms with van der Waals surface area (Å²) >= 11 is 0. The van der Waals surface area contributed by atoms with E-state index in [2.05, 4.69) is 25.9 Å². The van der Waals surface area contributed by atoms with E-state index in [0.29, 0.717) is 25.1 Å². The lowest BCUT2D eigenvalue weighted by molar-refractivity contribution is -0.145. The summed E-state index contributed by atoms with van der Waals surface area (Å²) in [7, 11) is 0.